The molecule has 0 heterocycles. The van der Waals surface area contributed by atoms with Crippen LogP contribution >= 0.6 is 0 Å². The summed E-state index contributed by atoms with van der Waals surface area (Å²) in [7, 11) is 0. The zero-order valence-corrected chi connectivity index (χ0v) is 8.15. The molecule has 1 radical (unpaired) electrons. The molecule has 14 heavy (non-hydrogen) atoms. The first-order chi connectivity index (χ1) is 6.38. The molecule has 0 aliphatic heterocycles. The van der Waals surface area contributed by atoms with Crippen molar-refractivity contribution < 1.29 is 13.2 Å². The van der Waals surface area contributed by atoms with Gasteiger partial charge in [-0.2, -0.15) is 13.2 Å². The van der Waals surface area contributed by atoms with E-state index in [1.54, 1.807) is 12.1 Å². The van der Waals surface area contributed by atoms with Gasteiger partial charge in [-0.3, -0.25) is 0 Å². The average molecular weight is 201 g/mol. The van der Waals surface area contributed by atoms with Crippen molar-refractivity contribution in [1.29, 1.82) is 0 Å². The maximum absolute atomic E-state index is 11.9. The monoisotopic (exact) mass is 201 g/mol. The Morgan fingerprint density at radius 3 is 2.29 bits per heavy atom. The molecule has 0 aliphatic carbocycles. The molecular formula is C11H12F3. The van der Waals surface area contributed by atoms with E-state index < -0.39 is 12.6 Å². The van der Waals surface area contributed by atoms with Gasteiger partial charge in [-0.05, 0) is 37.0 Å². The van der Waals surface area contributed by atoms with E-state index in [0.717, 1.165) is 11.1 Å². The summed E-state index contributed by atoms with van der Waals surface area (Å²) in [6.45, 7) is 3.82. The van der Waals surface area contributed by atoms with Gasteiger partial charge in [0.25, 0.3) is 0 Å². The Labute approximate surface area is 81.8 Å². The summed E-state index contributed by atoms with van der Waals surface area (Å²) in [4.78, 5) is 0. The highest BCUT2D eigenvalue weighted by atomic mass is 19.4. The van der Waals surface area contributed by atoms with Crippen LogP contribution in [-0.4, -0.2) is 6.18 Å². The van der Waals surface area contributed by atoms with Crippen LogP contribution in [0.2, 0.25) is 0 Å². The summed E-state index contributed by atoms with van der Waals surface area (Å²) >= 11 is 0. The van der Waals surface area contributed by atoms with E-state index in [9.17, 15) is 13.2 Å². The average Bonchev–Trinajstić information content (AvgIpc) is 2.06. The highest BCUT2D eigenvalue weighted by Crippen LogP contribution is 2.24. The summed E-state index contributed by atoms with van der Waals surface area (Å²) in [5.41, 5.74) is 2.74. The summed E-state index contributed by atoms with van der Waals surface area (Å²) < 4.78 is 35.7. The minimum Gasteiger partial charge on any atom is -0.171 e. The second-order valence-corrected chi connectivity index (χ2v) is 3.37. The van der Waals surface area contributed by atoms with Crippen LogP contribution in [-0.2, 0) is 0 Å². The van der Waals surface area contributed by atoms with Crippen molar-refractivity contribution in [3.63, 3.8) is 0 Å². The zero-order valence-electron chi connectivity index (χ0n) is 8.15. The van der Waals surface area contributed by atoms with Gasteiger partial charge in [-0.15, -0.1) is 0 Å². The fourth-order valence-corrected chi connectivity index (χ4v) is 1.13. The molecule has 1 aromatic carbocycles. The van der Waals surface area contributed by atoms with Crippen LogP contribution in [0.5, 0.6) is 0 Å². The van der Waals surface area contributed by atoms with Crippen LogP contribution in [0.1, 0.15) is 23.1 Å². The molecule has 0 aromatic heterocycles. The molecule has 0 saturated heterocycles. The molecule has 0 nitrogen and oxygen atoms in total. The maximum Gasteiger partial charge on any atom is 0.389 e. The highest BCUT2D eigenvalue weighted by Gasteiger charge is 2.26. The van der Waals surface area contributed by atoms with Crippen molar-refractivity contribution in [3.8, 4) is 0 Å². The summed E-state index contributed by atoms with van der Waals surface area (Å²) in [5.74, 6) is 0. The van der Waals surface area contributed by atoms with Gasteiger partial charge in [0, 0.05) is 0 Å². The molecule has 1 aromatic rings. The van der Waals surface area contributed by atoms with E-state index in [4.69, 9.17) is 0 Å². The first-order valence-corrected chi connectivity index (χ1v) is 4.36. The highest BCUT2D eigenvalue weighted by molar-refractivity contribution is 5.33. The van der Waals surface area contributed by atoms with Gasteiger partial charge in [-0.25, -0.2) is 0 Å². The minimum absolute atomic E-state index is 0.630. The SMILES string of the molecule is Cc1ccc([CH]CC(F)(F)F)cc1C. The zero-order chi connectivity index (χ0) is 10.8. The molecule has 0 aliphatic rings. The second kappa shape index (κ2) is 4.03. The summed E-state index contributed by atoms with van der Waals surface area (Å²) in [6, 6.07) is 5.30. The fourth-order valence-electron chi connectivity index (χ4n) is 1.13. The maximum atomic E-state index is 11.9. The first kappa shape index (κ1) is 11.1. The third-order valence-electron chi connectivity index (χ3n) is 2.10. The quantitative estimate of drug-likeness (QED) is 0.682. The van der Waals surface area contributed by atoms with E-state index in [1.165, 1.54) is 6.42 Å². The van der Waals surface area contributed by atoms with Gasteiger partial charge in [-0.1, -0.05) is 18.2 Å². The lowest BCUT2D eigenvalue weighted by molar-refractivity contribution is -0.127. The molecule has 0 N–H and O–H groups in total. The smallest absolute Gasteiger partial charge is 0.171 e. The van der Waals surface area contributed by atoms with Crippen molar-refractivity contribution in [2.24, 2.45) is 0 Å². The lowest BCUT2D eigenvalue weighted by Crippen LogP contribution is -2.07. The van der Waals surface area contributed by atoms with E-state index in [2.05, 4.69) is 0 Å². The molecule has 1 rings (SSSR count). The van der Waals surface area contributed by atoms with Gasteiger partial charge in [0.05, 0.1) is 6.42 Å². The van der Waals surface area contributed by atoms with Crippen LogP contribution in [0.15, 0.2) is 18.2 Å². The normalized spacial score (nSPS) is 11.8. The number of halogens is 3. The Morgan fingerprint density at radius 1 is 1.14 bits per heavy atom. The van der Waals surface area contributed by atoms with Gasteiger partial charge in [0.15, 0.2) is 0 Å². The predicted molar refractivity (Wildman–Crippen MR) is 50.0 cm³/mol. The van der Waals surface area contributed by atoms with E-state index >= 15 is 0 Å². The number of alkyl halides is 3. The molecule has 0 amide bonds. The standard InChI is InChI=1S/C11H12F3/c1-8-3-4-10(7-9(8)2)5-6-11(12,13)14/h3-5,7H,6H2,1-2H3. The Bertz CT molecular complexity index is 313. The van der Waals surface area contributed by atoms with E-state index in [0.29, 0.717) is 5.56 Å². The van der Waals surface area contributed by atoms with Crippen LogP contribution in [0.25, 0.3) is 0 Å². The number of hydrogen-bond acceptors (Lipinski definition) is 0. The molecule has 0 spiro atoms. The van der Waals surface area contributed by atoms with Crippen molar-refractivity contribution >= 4 is 0 Å². The van der Waals surface area contributed by atoms with Crippen molar-refractivity contribution in [2.45, 2.75) is 26.4 Å². The van der Waals surface area contributed by atoms with Gasteiger partial charge >= 0.3 is 6.18 Å². The number of rotatable bonds is 2. The van der Waals surface area contributed by atoms with E-state index in [-0.39, 0.29) is 0 Å². The Kier molecular flexibility index (Phi) is 3.19. The predicted octanol–water partition coefficient (Wildman–Crippen LogP) is 3.81. The molecule has 3 heteroatoms. The first-order valence-electron chi connectivity index (χ1n) is 4.36. The topological polar surface area (TPSA) is 0 Å². The van der Waals surface area contributed by atoms with Crippen LogP contribution in [0.3, 0.4) is 0 Å². The number of benzene rings is 1. The third-order valence-corrected chi connectivity index (χ3v) is 2.10. The Morgan fingerprint density at radius 2 is 1.79 bits per heavy atom. The molecule has 0 bridgehead atoms. The minimum atomic E-state index is -4.11. The Hall–Kier alpha value is -0.990. The number of hydrogen-bond donors (Lipinski definition) is 0. The molecular weight excluding hydrogens is 189 g/mol. The molecule has 77 valence electrons. The number of aryl methyl sites for hydroxylation is 2. The van der Waals surface area contributed by atoms with Crippen molar-refractivity contribution in [1.82, 2.24) is 0 Å². The summed E-state index contributed by atoms with van der Waals surface area (Å²) in [6.07, 6.45) is -3.78. The molecule has 0 saturated carbocycles. The molecule has 0 atom stereocenters. The summed E-state index contributed by atoms with van der Waals surface area (Å²) in [5, 5.41) is 0. The lowest BCUT2D eigenvalue weighted by Gasteiger charge is -2.07. The van der Waals surface area contributed by atoms with Crippen LogP contribution < -0.4 is 0 Å². The van der Waals surface area contributed by atoms with Crippen LogP contribution in [0.4, 0.5) is 13.2 Å². The van der Waals surface area contributed by atoms with Gasteiger partial charge in [0.1, 0.15) is 0 Å². The van der Waals surface area contributed by atoms with E-state index in [1.807, 2.05) is 19.9 Å². The third kappa shape index (κ3) is 3.40. The van der Waals surface area contributed by atoms with Crippen molar-refractivity contribution in [2.75, 3.05) is 0 Å². The largest absolute Gasteiger partial charge is 0.389 e. The van der Waals surface area contributed by atoms with Crippen LogP contribution in [0, 0.1) is 20.3 Å². The molecule has 0 fully saturated rings. The van der Waals surface area contributed by atoms with Gasteiger partial charge < -0.3 is 0 Å². The Balaban J connectivity index is 2.65. The molecule has 0 unspecified atom stereocenters. The fraction of sp³-hybridized carbons (Fsp3) is 0.364. The van der Waals surface area contributed by atoms with Crippen molar-refractivity contribution in [3.05, 3.63) is 41.3 Å². The second-order valence-electron chi connectivity index (χ2n) is 3.37. The lowest BCUT2D eigenvalue weighted by atomic mass is 10.0. The van der Waals surface area contributed by atoms with Gasteiger partial charge in [0.2, 0.25) is 0 Å².